The number of hydrogen-bond donors (Lipinski definition) is 0. The molecule has 0 saturated heterocycles. The van der Waals surface area contributed by atoms with Crippen LogP contribution in [0.2, 0.25) is 5.02 Å². The minimum absolute atomic E-state index is 0.237. The van der Waals surface area contributed by atoms with E-state index in [0.717, 1.165) is 30.0 Å². The van der Waals surface area contributed by atoms with E-state index in [0.29, 0.717) is 16.8 Å². The van der Waals surface area contributed by atoms with Crippen molar-refractivity contribution in [1.82, 2.24) is 14.5 Å². The lowest BCUT2D eigenvalue weighted by atomic mass is 9.82. The highest BCUT2D eigenvalue weighted by Gasteiger charge is 2.23. The molecule has 20 heavy (non-hydrogen) atoms. The van der Waals surface area contributed by atoms with Gasteiger partial charge >= 0.3 is 0 Å². The Morgan fingerprint density at radius 2 is 2.05 bits per heavy atom. The van der Waals surface area contributed by atoms with Gasteiger partial charge in [-0.05, 0) is 17.4 Å². The van der Waals surface area contributed by atoms with Crippen LogP contribution < -0.4 is 0 Å². The van der Waals surface area contributed by atoms with Crippen LogP contribution in [-0.2, 0) is 13.0 Å². The molecule has 5 heteroatoms. The molecule has 0 amide bonds. The van der Waals surface area contributed by atoms with Crippen molar-refractivity contribution in [2.24, 2.45) is 11.3 Å². The van der Waals surface area contributed by atoms with Crippen molar-refractivity contribution in [3.8, 4) is 0 Å². The number of imidazole rings is 1. The van der Waals surface area contributed by atoms with Gasteiger partial charge < -0.3 is 4.57 Å². The molecule has 2 rings (SSSR count). The summed E-state index contributed by atoms with van der Waals surface area (Å²) in [5.41, 5.74) is 1.98. The summed E-state index contributed by atoms with van der Waals surface area (Å²) in [5.74, 6) is 2.05. The second-order valence-electron chi connectivity index (χ2n) is 6.34. The van der Waals surface area contributed by atoms with Gasteiger partial charge in [0.15, 0.2) is 5.65 Å². The van der Waals surface area contributed by atoms with Crippen LogP contribution in [0.1, 0.15) is 33.5 Å². The van der Waals surface area contributed by atoms with E-state index in [1.807, 2.05) is 6.07 Å². The van der Waals surface area contributed by atoms with Crippen LogP contribution in [0.25, 0.3) is 11.2 Å². The number of nitrogens with zero attached hydrogens (tertiary/aromatic N) is 3. The molecule has 0 aliphatic carbocycles. The van der Waals surface area contributed by atoms with Gasteiger partial charge in [0.1, 0.15) is 11.3 Å². The van der Waals surface area contributed by atoms with E-state index in [1.54, 1.807) is 6.20 Å². The molecule has 0 radical (unpaired) electrons. The maximum Gasteiger partial charge on any atom is 0.160 e. The summed E-state index contributed by atoms with van der Waals surface area (Å²) in [7, 11) is 0. The Balaban J connectivity index is 2.46. The first-order valence-corrected chi connectivity index (χ1v) is 7.81. The molecule has 0 aromatic carbocycles. The molecular weight excluding hydrogens is 293 g/mol. The van der Waals surface area contributed by atoms with E-state index in [1.165, 1.54) is 0 Å². The molecule has 0 aliphatic rings. The molecule has 1 unspecified atom stereocenters. The predicted molar refractivity (Wildman–Crippen MR) is 85.6 cm³/mol. The highest BCUT2D eigenvalue weighted by Crippen LogP contribution is 2.29. The lowest BCUT2D eigenvalue weighted by Crippen LogP contribution is -2.23. The highest BCUT2D eigenvalue weighted by molar-refractivity contribution is 6.31. The van der Waals surface area contributed by atoms with Crippen molar-refractivity contribution in [2.45, 2.75) is 40.7 Å². The number of alkyl halides is 1. The first kappa shape index (κ1) is 15.6. The summed E-state index contributed by atoms with van der Waals surface area (Å²) < 4.78 is 2.18. The van der Waals surface area contributed by atoms with Crippen molar-refractivity contribution >= 4 is 34.4 Å². The lowest BCUT2D eigenvalue weighted by Gasteiger charge is -2.28. The SMILES string of the molecule is CC(Cn1c(CCCl)nc2cc(Cl)cnc21)C(C)(C)C. The summed E-state index contributed by atoms with van der Waals surface area (Å²) in [6, 6.07) is 1.86. The van der Waals surface area contributed by atoms with Crippen LogP contribution in [0, 0.1) is 11.3 Å². The van der Waals surface area contributed by atoms with E-state index >= 15 is 0 Å². The summed E-state index contributed by atoms with van der Waals surface area (Å²) >= 11 is 11.9. The molecule has 110 valence electrons. The maximum absolute atomic E-state index is 6.00. The summed E-state index contributed by atoms with van der Waals surface area (Å²) in [6.45, 7) is 9.90. The third kappa shape index (κ3) is 3.26. The summed E-state index contributed by atoms with van der Waals surface area (Å²) in [4.78, 5) is 9.07. The lowest BCUT2D eigenvalue weighted by molar-refractivity contribution is 0.233. The molecule has 1 atom stereocenters. The van der Waals surface area contributed by atoms with Crippen molar-refractivity contribution in [2.75, 3.05) is 5.88 Å². The molecule has 2 aromatic rings. The van der Waals surface area contributed by atoms with E-state index in [-0.39, 0.29) is 5.41 Å². The highest BCUT2D eigenvalue weighted by atomic mass is 35.5. The number of halogens is 2. The Hall–Kier alpha value is -0.800. The molecule has 0 spiro atoms. The van der Waals surface area contributed by atoms with Gasteiger partial charge in [0.25, 0.3) is 0 Å². The second kappa shape index (κ2) is 5.90. The standard InChI is InChI=1S/C15H21Cl2N3/c1-10(15(2,3)4)9-20-13(5-6-16)19-12-7-11(17)8-18-14(12)20/h7-8,10H,5-6,9H2,1-4H3. The number of aryl methyl sites for hydroxylation is 1. The molecule has 0 aliphatic heterocycles. The third-order valence-corrected chi connectivity index (χ3v) is 4.28. The molecular formula is C15H21Cl2N3. The van der Waals surface area contributed by atoms with Crippen LogP contribution in [0.5, 0.6) is 0 Å². The van der Waals surface area contributed by atoms with Crippen LogP contribution in [0.4, 0.5) is 0 Å². The minimum atomic E-state index is 0.237. The molecule has 0 bridgehead atoms. The molecule has 0 N–H and O–H groups in total. The molecule has 0 saturated carbocycles. The summed E-state index contributed by atoms with van der Waals surface area (Å²) in [5, 5.41) is 0.614. The van der Waals surface area contributed by atoms with Gasteiger partial charge in [-0.3, -0.25) is 0 Å². The van der Waals surface area contributed by atoms with Gasteiger partial charge in [0.05, 0.1) is 5.02 Å². The fraction of sp³-hybridized carbons (Fsp3) is 0.600. The Morgan fingerprint density at radius 3 is 2.65 bits per heavy atom. The number of rotatable bonds is 4. The average Bonchev–Trinajstić information content (AvgIpc) is 2.66. The van der Waals surface area contributed by atoms with Gasteiger partial charge in [-0.1, -0.05) is 39.3 Å². The topological polar surface area (TPSA) is 30.7 Å². The molecule has 2 aromatic heterocycles. The molecule has 3 nitrogen and oxygen atoms in total. The average molecular weight is 314 g/mol. The van der Waals surface area contributed by atoms with Crippen LogP contribution in [0.3, 0.4) is 0 Å². The second-order valence-corrected chi connectivity index (χ2v) is 7.16. The fourth-order valence-electron chi connectivity index (χ4n) is 2.05. The van der Waals surface area contributed by atoms with Crippen LogP contribution in [-0.4, -0.2) is 20.4 Å². The molecule has 2 heterocycles. The zero-order chi connectivity index (χ0) is 14.9. The Morgan fingerprint density at radius 1 is 1.35 bits per heavy atom. The number of fused-ring (bicyclic) bond motifs is 1. The van der Waals surface area contributed by atoms with Crippen molar-refractivity contribution in [3.63, 3.8) is 0 Å². The zero-order valence-corrected chi connectivity index (χ0v) is 14.0. The van der Waals surface area contributed by atoms with Gasteiger partial charge in [0.2, 0.25) is 0 Å². The Bertz CT molecular complexity index is 599. The van der Waals surface area contributed by atoms with Gasteiger partial charge in [-0.25, -0.2) is 9.97 Å². The van der Waals surface area contributed by atoms with Gasteiger partial charge in [-0.2, -0.15) is 0 Å². The maximum atomic E-state index is 6.00. The fourth-order valence-corrected chi connectivity index (χ4v) is 2.37. The first-order valence-electron chi connectivity index (χ1n) is 6.89. The molecule has 0 fully saturated rings. The van der Waals surface area contributed by atoms with Crippen molar-refractivity contribution in [1.29, 1.82) is 0 Å². The van der Waals surface area contributed by atoms with Crippen molar-refractivity contribution in [3.05, 3.63) is 23.1 Å². The van der Waals surface area contributed by atoms with E-state index in [9.17, 15) is 0 Å². The monoisotopic (exact) mass is 313 g/mol. The number of aromatic nitrogens is 3. The van der Waals surface area contributed by atoms with E-state index < -0.39 is 0 Å². The van der Waals surface area contributed by atoms with Crippen LogP contribution in [0.15, 0.2) is 12.3 Å². The van der Waals surface area contributed by atoms with Crippen LogP contribution >= 0.6 is 23.2 Å². The van der Waals surface area contributed by atoms with Crippen molar-refractivity contribution < 1.29 is 0 Å². The van der Waals surface area contributed by atoms with Gasteiger partial charge in [0, 0.05) is 25.0 Å². The largest absolute Gasteiger partial charge is 0.312 e. The first-order chi connectivity index (χ1) is 9.32. The Kier molecular flexibility index (Phi) is 4.60. The van der Waals surface area contributed by atoms with E-state index in [2.05, 4.69) is 42.2 Å². The third-order valence-electron chi connectivity index (χ3n) is 3.88. The zero-order valence-electron chi connectivity index (χ0n) is 12.5. The number of hydrogen-bond acceptors (Lipinski definition) is 2. The smallest absolute Gasteiger partial charge is 0.160 e. The van der Waals surface area contributed by atoms with E-state index in [4.69, 9.17) is 23.2 Å². The Labute approximate surface area is 130 Å². The predicted octanol–water partition coefficient (Wildman–Crippen LogP) is 4.55. The quantitative estimate of drug-likeness (QED) is 0.775. The van der Waals surface area contributed by atoms with Gasteiger partial charge in [-0.15, -0.1) is 11.6 Å². The summed E-state index contributed by atoms with van der Waals surface area (Å²) in [6.07, 6.45) is 2.42. The minimum Gasteiger partial charge on any atom is -0.312 e. The number of pyridine rings is 1. The normalized spacial score (nSPS) is 13.9.